The maximum Gasteiger partial charge on any atom is 0.471 e. The van der Waals surface area contributed by atoms with Crippen LogP contribution in [0.25, 0.3) is 0 Å². The van der Waals surface area contributed by atoms with E-state index in [-0.39, 0.29) is 23.4 Å². The van der Waals surface area contributed by atoms with Crippen LogP contribution in [0.1, 0.15) is 16.8 Å². The second-order valence-electron chi connectivity index (χ2n) is 4.29. The zero-order chi connectivity index (χ0) is 15.8. The highest BCUT2D eigenvalue weighted by Gasteiger charge is 2.44. The summed E-state index contributed by atoms with van der Waals surface area (Å²) in [5, 5.41) is 11.1. The number of carboxylic acids is 1. The lowest BCUT2D eigenvalue weighted by atomic mass is 10.1. The van der Waals surface area contributed by atoms with Gasteiger partial charge < -0.3 is 15.3 Å². The summed E-state index contributed by atoms with van der Waals surface area (Å²) in [5.41, 5.74) is -0.543. The number of amides is 2. The van der Waals surface area contributed by atoms with E-state index in [2.05, 4.69) is 5.32 Å². The van der Waals surface area contributed by atoms with E-state index in [1.165, 1.54) is 0 Å². The zero-order valence-corrected chi connectivity index (χ0v) is 10.4. The van der Waals surface area contributed by atoms with E-state index in [0.29, 0.717) is 4.90 Å². The molecule has 0 bridgehead atoms. The maximum atomic E-state index is 12.6. The van der Waals surface area contributed by atoms with Crippen LogP contribution in [0.4, 0.5) is 24.5 Å². The SMILES string of the molecule is O=C1CCN(C(=O)C(F)(F)F)c2ccc(C(=O)O)cc2N1. The number of rotatable bonds is 1. The van der Waals surface area contributed by atoms with Crippen molar-refractivity contribution in [1.29, 1.82) is 0 Å². The van der Waals surface area contributed by atoms with Gasteiger partial charge in [0.15, 0.2) is 0 Å². The first-order valence-electron chi connectivity index (χ1n) is 5.76. The topological polar surface area (TPSA) is 86.7 Å². The van der Waals surface area contributed by atoms with Crippen LogP contribution >= 0.6 is 0 Å². The molecule has 1 aromatic rings. The van der Waals surface area contributed by atoms with Gasteiger partial charge in [-0.15, -0.1) is 0 Å². The predicted octanol–water partition coefficient (Wildman–Crippen LogP) is 1.62. The average molecular weight is 302 g/mol. The molecule has 0 spiro atoms. The Morgan fingerprint density at radius 1 is 1.29 bits per heavy atom. The van der Waals surface area contributed by atoms with Crippen LogP contribution in [0, 0.1) is 0 Å². The van der Waals surface area contributed by atoms with Gasteiger partial charge in [-0.25, -0.2) is 4.79 Å². The predicted molar refractivity (Wildman–Crippen MR) is 65.1 cm³/mol. The Labute approximate surface area is 116 Å². The molecule has 1 aromatic carbocycles. The first kappa shape index (κ1) is 14.8. The Balaban J connectivity index is 2.51. The number of carboxylic acid groups (broad SMARTS) is 1. The van der Waals surface area contributed by atoms with Crippen LogP contribution in [0.3, 0.4) is 0 Å². The van der Waals surface area contributed by atoms with E-state index in [4.69, 9.17) is 5.11 Å². The number of nitrogens with zero attached hydrogens (tertiary/aromatic N) is 1. The molecule has 112 valence electrons. The smallest absolute Gasteiger partial charge is 0.471 e. The number of halogens is 3. The Hall–Kier alpha value is -2.58. The Morgan fingerprint density at radius 3 is 2.52 bits per heavy atom. The van der Waals surface area contributed by atoms with Gasteiger partial charge >= 0.3 is 18.1 Å². The van der Waals surface area contributed by atoms with Crippen molar-refractivity contribution in [2.75, 3.05) is 16.8 Å². The summed E-state index contributed by atoms with van der Waals surface area (Å²) >= 11 is 0. The fourth-order valence-corrected chi connectivity index (χ4v) is 1.92. The second kappa shape index (κ2) is 5.08. The third kappa shape index (κ3) is 2.96. The molecule has 0 aromatic heterocycles. The normalized spacial score (nSPS) is 15.0. The first-order valence-corrected chi connectivity index (χ1v) is 5.76. The highest BCUT2D eigenvalue weighted by Crippen LogP contribution is 2.33. The number of hydrogen-bond donors (Lipinski definition) is 2. The molecule has 0 fully saturated rings. The fraction of sp³-hybridized carbons (Fsp3) is 0.250. The molecule has 1 aliphatic heterocycles. The number of anilines is 2. The minimum Gasteiger partial charge on any atom is -0.478 e. The molecular weight excluding hydrogens is 293 g/mol. The molecule has 2 N–H and O–H groups in total. The Bertz CT molecular complexity index is 627. The van der Waals surface area contributed by atoms with E-state index >= 15 is 0 Å². The van der Waals surface area contributed by atoms with Crippen molar-refractivity contribution < 1.29 is 32.7 Å². The van der Waals surface area contributed by atoms with Crippen molar-refractivity contribution >= 4 is 29.2 Å². The summed E-state index contributed by atoms with van der Waals surface area (Å²) in [6.07, 6.45) is -5.41. The molecule has 6 nitrogen and oxygen atoms in total. The quantitative estimate of drug-likeness (QED) is 0.825. The number of carbonyl (C=O) groups excluding carboxylic acids is 2. The highest BCUT2D eigenvalue weighted by molar-refractivity contribution is 6.06. The molecule has 0 saturated heterocycles. The van der Waals surface area contributed by atoms with Crippen molar-refractivity contribution in [3.63, 3.8) is 0 Å². The van der Waals surface area contributed by atoms with Gasteiger partial charge in [-0.3, -0.25) is 9.59 Å². The highest BCUT2D eigenvalue weighted by atomic mass is 19.4. The van der Waals surface area contributed by atoms with Crippen molar-refractivity contribution in [2.24, 2.45) is 0 Å². The molecule has 0 saturated carbocycles. The molecule has 21 heavy (non-hydrogen) atoms. The third-order valence-corrected chi connectivity index (χ3v) is 2.86. The fourth-order valence-electron chi connectivity index (χ4n) is 1.92. The van der Waals surface area contributed by atoms with E-state index < -0.39 is 30.5 Å². The minimum absolute atomic E-state index is 0.144. The lowest BCUT2D eigenvalue weighted by Gasteiger charge is -2.23. The van der Waals surface area contributed by atoms with Crippen molar-refractivity contribution in [2.45, 2.75) is 12.6 Å². The largest absolute Gasteiger partial charge is 0.478 e. The molecule has 2 rings (SSSR count). The molecule has 9 heteroatoms. The lowest BCUT2D eigenvalue weighted by molar-refractivity contribution is -0.170. The summed E-state index contributed by atoms with van der Waals surface area (Å²) in [7, 11) is 0. The van der Waals surface area contributed by atoms with Crippen molar-refractivity contribution in [3.8, 4) is 0 Å². The van der Waals surface area contributed by atoms with Crippen molar-refractivity contribution in [3.05, 3.63) is 23.8 Å². The zero-order valence-electron chi connectivity index (χ0n) is 10.4. The summed E-state index contributed by atoms with van der Waals surface area (Å²) < 4.78 is 37.7. The van der Waals surface area contributed by atoms with Crippen molar-refractivity contribution in [1.82, 2.24) is 0 Å². The van der Waals surface area contributed by atoms with E-state index in [1.54, 1.807) is 0 Å². The van der Waals surface area contributed by atoms with Crippen LogP contribution in [-0.2, 0) is 9.59 Å². The number of fused-ring (bicyclic) bond motifs is 1. The average Bonchev–Trinajstić information content (AvgIpc) is 2.54. The summed E-state index contributed by atoms with van der Waals surface area (Å²) in [4.78, 5) is 34.1. The lowest BCUT2D eigenvalue weighted by Crippen LogP contribution is -2.41. The third-order valence-electron chi connectivity index (χ3n) is 2.86. The molecular formula is C12H9F3N2O4. The van der Waals surface area contributed by atoms with Crippen LogP contribution in [0.15, 0.2) is 18.2 Å². The van der Waals surface area contributed by atoms with Crippen LogP contribution in [0.2, 0.25) is 0 Å². The summed E-state index contributed by atoms with van der Waals surface area (Å²) in [6.45, 7) is -0.441. The monoisotopic (exact) mass is 302 g/mol. The first-order chi connectivity index (χ1) is 9.70. The number of alkyl halides is 3. The molecule has 0 atom stereocenters. The minimum atomic E-state index is -5.09. The van der Waals surface area contributed by atoms with Gasteiger partial charge in [-0.05, 0) is 18.2 Å². The summed E-state index contributed by atoms with van der Waals surface area (Å²) in [5.74, 6) is -4.01. The molecule has 1 aliphatic rings. The summed E-state index contributed by atoms with van der Waals surface area (Å²) in [6, 6.07) is 3.14. The van der Waals surface area contributed by atoms with E-state index in [9.17, 15) is 27.6 Å². The van der Waals surface area contributed by atoms with Gasteiger partial charge in [0.05, 0.1) is 16.9 Å². The van der Waals surface area contributed by atoms with E-state index in [1.807, 2.05) is 0 Å². The molecule has 2 amide bonds. The standard InChI is InChI=1S/C12H9F3N2O4/c13-12(14,15)11(21)17-4-3-9(18)16-7-5-6(10(19)20)1-2-8(7)17/h1-2,5H,3-4H2,(H,16,18)(H,19,20). The van der Waals surface area contributed by atoms with Crippen LogP contribution < -0.4 is 10.2 Å². The van der Waals surface area contributed by atoms with Gasteiger partial charge in [-0.1, -0.05) is 0 Å². The van der Waals surface area contributed by atoms with Gasteiger partial charge in [0, 0.05) is 13.0 Å². The van der Waals surface area contributed by atoms with Gasteiger partial charge in [0.1, 0.15) is 0 Å². The van der Waals surface area contributed by atoms with Gasteiger partial charge in [-0.2, -0.15) is 13.2 Å². The molecule has 1 heterocycles. The number of nitrogens with one attached hydrogen (secondary N) is 1. The Morgan fingerprint density at radius 2 is 1.95 bits per heavy atom. The Kier molecular flexibility index (Phi) is 3.58. The molecule has 0 radical (unpaired) electrons. The van der Waals surface area contributed by atoms with E-state index in [0.717, 1.165) is 18.2 Å². The molecule has 0 unspecified atom stereocenters. The second-order valence-corrected chi connectivity index (χ2v) is 4.29. The number of benzene rings is 1. The number of carbonyl (C=O) groups is 3. The van der Waals surface area contributed by atoms with Crippen LogP contribution in [0.5, 0.6) is 0 Å². The number of aromatic carboxylic acids is 1. The van der Waals surface area contributed by atoms with Crippen LogP contribution in [-0.4, -0.2) is 35.6 Å². The van der Waals surface area contributed by atoms with Gasteiger partial charge in [0.2, 0.25) is 5.91 Å². The maximum absolute atomic E-state index is 12.6. The van der Waals surface area contributed by atoms with Gasteiger partial charge in [0.25, 0.3) is 0 Å². The number of hydrogen-bond acceptors (Lipinski definition) is 3. The molecule has 0 aliphatic carbocycles.